The van der Waals surface area contributed by atoms with Gasteiger partial charge in [0.25, 0.3) is 0 Å². The average molecular weight is 277 g/mol. The summed E-state index contributed by atoms with van der Waals surface area (Å²) in [6.07, 6.45) is 10.5. The predicted molar refractivity (Wildman–Crippen MR) is 84.7 cm³/mol. The highest BCUT2D eigenvalue weighted by Gasteiger charge is 2.29. The van der Waals surface area contributed by atoms with Crippen LogP contribution in [0.15, 0.2) is 12.4 Å². The van der Waals surface area contributed by atoms with Crippen molar-refractivity contribution in [3.63, 3.8) is 0 Å². The Hall–Kier alpha value is -0.830. The minimum absolute atomic E-state index is 0.497. The summed E-state index contributed by atoms with van der Waals surface area (Å²) in [7, 11) is 2.07. The van der Waals surface area contributed by atoms with Gasteiger partial charge in [-0.3, -0.25) is 0 Å². The summed E-state index contributed by atoms with van der Waals surface area (Å²) >= 11 is 0. The van der Waals surface area contributed by atoms with E-state index in [1.807, 2.05) is 12.4 Å². The second-order valence-corrected chi connectivity index (χ2v) is 7.49. The van der Waals surface area contributed by atoms with Crippen LogP contribution < -0.4 is 5.32 Å². The number of aromatic nitrogens is 2. The first-order chi connectivity index (χ1) is 9.47. The fourth-order valence-electron chi connectivity index (χ4n) is 3.38. The molecule has 1 saturated carbocycles. The third kappa shape index (κ3) is 4.34. The van der Waals surface area contributed by atoms with Crippen molar-refractivity contribution in [2.45, 2.75) is 52.9 Å². The molecule has 1 aliphatic carbocycles. The maximum Gasteiger partial charge on any atom is 0.109 e. The molecule has 1 aromatic rings. The first-order valence-corrected chi connectivity index (χ1v) is 8.13. The third-order valence-electron chi connectivity index (χ3n) is 4.95. The lowest BCUT2D eigenvalue weighted by Gasteiger charge is -2.37. The zero-order valence-corrected chi connectivity index (χ0v) is 13.7. The highest BCUT2D eigenvalue weighted by atomic mass is 15.0. The van der Waals surface area contributed by atoms with Crippen molar-refractivity contribution in [2.24, 2.45) is 24.3 Å². The van der Waals surface area contributed by atoms with E-state index in [4.69, 9.17) is 0 Å². The van der Waals surface area contributed by atoms with Crippen LogP contribution in [0.5, 0.6) is 0 Å². The molecule has 0 aliphatic heterocycles. The van der Waals surface area contributed by atoms with Gasteiger partial charge in [-0.2, -0.15) is 0 Å². The number of nitrogens with one attached hydrogen (secondary N) is 1. The molecule has 1 heterocycles. The van der Waals surface area contributed by atoms with Gasteiger partial charge in [-0.15, -0.1) is 0 Å². The lowest BCUT2D eigenvalue weighted by Crippen LogP contribution is -2.31. The fraction of sp³-hybridized carbons (Fsp3) is 0.824. The molecule has 20 heavy (non-hydrogen) atoms. The van der Waals surface area contributed by atoms with Crippen molar-refractivity contribution in [1.82, 2.24) is 14.9 Å². The smallest absolute Gasteiger partial charge is 0.109 e. The summed E-state index contributed by atoms with van der Waals surface area (Å²) in [5.74, 6) is 2.98. The Labute approximate surface area is 124 Å². The Morgan fingerprint density at radius 2 is 1.95 bits per heavy atom. The summed E-state index contributed by atoms with van der Waals surface area (Å²) in [6, 6.07) is 0. The van der Waals surface area contributed by atoms with Crippen LogP contribution in [0.3, 0.4) is 0 Å². The van der Waals surface area contributed by atoms with Crippen LogP contribution in [0, 0.1) is 17.3 Å². The van der Waals surface area contributed by atoms with E-state index in [0.717, 1.165) is 24.8 Å². The molecular weight excluding hydrogens is 246 g/mol. The molecule has 0 radical (unpaired) electrons. The van der Waals surface area contributed by atoms with E-state index < -0.39 is 0 Å². The lowest BCUT2D eigenvalue weighted by atomic mass is 9.70. The number of hydrogen-bond donors (Lipinski definition) is 1. The van der Waals surface area contributed by atoms with Gasteiger partial charge in [0.05, 0.1) is 0 Å². The topological polar surface area (TPSA) is 29.9 Å². The van der Waals surface area contributed by atoms with Gasteiger partial charge in [0, 0.05) is 32.4 Å². The van der Waals surface area contributed by atoms with Crippen molar-refractivity contribution in [3.05, 3.63) is 18.2 Å². The van der Waals surface area contributed by atoms with E-state index >= 15 is 0 Å². The molecule has 1 aliphatic rings. The number of rotatable bonds is 5. The Bertz CT molecular complexity index is 395. The van der Waals surface area contributed by atoms with E-state index in [1.54, 1.807) is 0 Å². The van der Waals surface area contributed by atoms with Crippen LogP contribution in [0.4, 0.5) is 0 Å². The van der Waals surface area contributed by atoms with E-state index in [9.17, 15) is 0 Å². The normalized spacial score (nSPS) is 24.0. The van der Waals surface area contributed by atoms with Crippen LogP contribution in [0.1, 0.15) is 52.3 Å². The molecule has 3 nitrogen and oxygen atoms in total. The predicted octanol–water partition coefficient (Wildman–Crippen LogP) is 3.40. The zero-order valence-electron chi connectivity index (χ0n) is 13.7. The van der Waals surface area contributed by atoms with E-state index in [0.29, 0.717) is 5.41 Å². The van der Waals surface area contributed by atoms with Gasteiger partial charge in [0.1, 0.15) is 5.82 Å². The second kappa shape index (κ2) is 6.75. The molecule has 114 valence electrons. The van der Waals surface area contributed by atoms with Gasteiger partial charge in [-0.25, -0.2) is 4.98 Å². The quantitative estimate of drug-likeness (QED) is 0.836. The minimum Gasteiger partial charge on any atom is -0.338 e. The largest absolute Gasteiger partial charge is 0.338 e. The van der Waals surface area contributed by atoms with Crippen LogP contribution in [-0.2, 0) is 13.5 Å². The van der Waals surface area contributed by atoms with Gasteiger partial charge in [-0.1, -0.05) is 20.8 Å². The van der Waals surface area contributed by atoms with Gasteiger partial charge >= 0.3 is 0 Å². The maximum absolute atomic E-state index is 4.36. The maximum atomic E-state index is 4.36. The number of nitrogens with zero attached hydrogens (tertiary/aromatic N) is 2. The molecule has 1 aromatic heterocycles. The zero-order chi connectivity index (χ0) is 14.6. The van der Waals surface area contributed by atoms with E-state index in [2.05, 4.69) is 42.7 Å². The first kappa shape index (κ1) is 15.6. The molecule has 2 rings (SSSR count). The van der Waals surface area contributed by atoms with Crippen molar-refractivity contribution < 1.29 is 0 Å². The fourth-order valence-corrected chi connectivity index (χ4v) is 3.38. The molecule has 0 unspecified atom stereocenters. The van der Waals surface area contributed by atoms with Gasteiger partial charge in [-0.05, 0) is 49.5 Å². The third-order valence-corrected chi connectivity index (χ3v) is 4.95. The Morgan fingerprint density at radius 3 is 2.50 bits per heavy atom. The number of hydrogen-bond acceptors (Lipinski definition) is 2. The van der Waals surface area contributed by atoms with Crippen LogP contribution >= 0.6 is 0 Å². The highest BCUT2D eigenvalue weighted by Crippen LogP contribution is 2.39. The second-order valence-electron chi connectivity index (χ2n) is 7.49. The lowest BCUT2D eigenvalue weighted by molar-refractivity contribution is 0.149. The van der Waals surface area contributed by atoms with Crippen molar-refractivity contribution in [3.8, 4) is 0 Å². The van der Waals surface area contributed by atoms with Crippen LogP contribution in [0.2, 0.25) is 0 Å². The van der Waals surface area contributed by atoms with Crippen molar-refractivity contribution >= 4 is 0 Å². The summed E-state index contributed by atoms with van der Waals surface area (Å²) in [6.45, 7) is 9.40. The number of imidazole rings is 1. The summed E-state index contributed by atoms with van der Waals surface area (Å²) < 4.78 is 2.11. The summed E-state index contributed by atoms with van der Waals surface area (Å²) in [5.41, 5.74) is 0.497. The van der Waals surface area contributed by atoms with E-state index in [1.165, 1.54) is 38.1 Å². The van der Waals surface area contributed by atoms with Crippen LogP contribution in [-0.4, -0.2) is 22.6 Å². The van der Waals surface area contributed by atoms with Gasteiger partial charge in [0.15, 0.2) is 0 Å². The molecule has 0 atom stereocenters. The van der Waals surface area contributed by atoms with E-state index in [-0.39, 0.29) is 0 Å². The summed E-state index contributed by atoms with van der Waals surface area (Å²) in [5, 5.41) is 3.62. The molecule has 3 heteroatoms. The molecule has 0 bridgehead atoms. The molecular formula is C17H31N3. The standard InChI is InChI=1S/C17H31N3/c1-17(2,3)15-7-5-14(6-8-15)13-18-10-9-16-19-11-12-20(16)4/h11-12,14-15,18H,5-10,13H2,1-4H3. The molecule has 0 amide bonds. The van der Waals surface area contributed by atoms with Crippen molar-refractivity contribution in [2.75, 3.05) is 13.1 Å². The minimum atomic E-state index is 0.497. The Kier molecular flexibility index (Phi) is 5.25. The molecule has 0 aromatic carbocycles. The SMILES string of the molecule is Cn1ccnc1CCNCC1CCC(C(C)(C)C)CC1. The molecule has 1 fully saturated rings. The Morgan fingerprint density at radius 1 is 1.25 bits per heavy atom. The average Bonchev–Trinajstić information content (AvgIpc) is 2.80. The van der Waals surface area contributed by atoms with Crippen molar-refractivity contribution in [1.29, 1.82) is 0 Å². The van der Waals surface area contributed by atoms with Gasteiger partial charge in [0.2, 0.25) is 0 Å². The highest BCUT2D eigenvalue weighted by molar-refractivity contribution is 4.91. The molecule has 1 N–H and O–H groups in total. The van der Waals surface area contributed by atoms with Crippen LogP contribution in [0.25, 0.3) is 0 Å². The summed E-state index contributed by atoms with van der Waals surface area (Å²) in [4.78, 5) is 4.36. The molecule has 0 spiro atoms. The Balaban J connectivity index is 1.61. The van der Waals surface area contributed by atoms with Gasteiger partial charge < -0.3 is 9.88 Å². The number of aryl methyl sites for hydroxylation is 1. The monoisotopic (exact) mass is 277 g/mol. The first-order valence-electron chi connectivity index (χ1n) is 8.13. The molecule has 0 saturated heterocycles.